The Morgan fingerprint density at radius 3 is 2.84 bits per heavy atom. The van der Waals surface area contributed by atoms with Crippen LogP contribution in [0.25, 0.3) is 0 Å². The molecule has 0 aliphatic rings. The molecule has 0 spiro atoms. The summed E-state index contributed by atoms with van der Waals surface area (Å²) >= 11 is 2.97. The van der Waals surface area contributed by atoms with Crippen LogP contribution in [0.4, 0.5) is 8.78 Å². The van der Waals surface area contributed by atoms with Crippen molar-refractivity contribution < 1.29 is 13.9 Å². The number of nitrogens with zero attached hydrogens (tertiary/aromatic N) is 2. The van der Waals surface area contributed by atoms with E-state index in [0.29, 0.717) is 11.4 Å². The molecule has 1 heterocycles. The Morgan fingerprint density at radius 2 is 2.16 bits per heavy atom. The Kier molecular flexibility index (Phi) is 4.31. The van der Waals surface area contributed by atoms with E-state index >= 15 is 0 Å². The van der Waals surface area contributed by atoms with Gasteiger partial charge < -0.3 is 9.67 Å². The lowest BCUT2D eigenvalue weighted by molar-refractivity contribution is 0.173. The number of aromatic nitrogens is 2. The fourth-order valence-electron chi connectivity index (χ4n) is 1.90. The highest BCUT2D eigenvalue weighted by Gasteiger charge is 2.19. The van der Waals surface area contributed by atoms with Crippen LogP contribution in [0, 0.1) is 11.6 Å². The molecule has 1 atom stereocenters. The molecule has 2 rings (SSSR count). The lowest BCUT2D eigenvalue weighted by Crippen LogP contribution is -2.09. The maximum Gasteiger partial charge on any atom is 0.173 e. The van der Waals surface area contributed by atoms with Gasteiger partial charge in [-0.25, -0.2) is 13.8 Å². The molecule has 0 aliphatic carbocycles. The number of halogens is 3. The SMILES string of the molecule is CCn1ccnc1CC(O)c1ccc(F)c(F)c1Br. The van der Waals surface area contributed by atoms with Crippen LogP contribution in [-0.2, 0) is 13.0 Å². The third-order valence-electron chi connectivity index (χ3n) is 2.94. The zero-order chi connectivity index (χ0) is 14.0. The minimum atomic E-state index is -0.990. The predicted molar refractivity (Wildman–Crippen MR) is 70.6 cm³/mol. The summed E-state index contributed by atoms with van der Waals surface area (Å²) in [6.07, 6.45) is 2.75. The van der Waals surface area contributed by atoms with Gasteiger partial charge in [-0.1, -0.05) is 6.07 Å². The molecule has 102 valence electrons. The van der Waals surface area contributed by atoms with Crippen molar-refractivity contribution in [1.29, 1.82) is 0 Å². The van der Waals surface area contributed by atoms with Crippen molar-refractivity contribution in [2.75, 3.05) is 0 Å². The normalized spacial score (nSPS) is 12.7. The summed E-state index contributed by atoms with van der Waals surface area (Å²) in [5, 5.41) is 10.1. The molecule has 0 amide bonds. The first-order chi connectivity index (χ1) is 9.04. The van der Waals surface area contributed by atoms with Gasteiger partial charge in [0.2, 0.25) is 0 Å². The second kappa shape index (κ2) is 5.79. The Bertz CT molecular complexity index is 586. The number of hydrogen-bond donors (Lipinski definition) is 1. The molecule has 0 saturated carbocycles. The molecule has 0 fully saturated rings. The highest BCUT2D eigenvalue weighted by Crippen LogP contribution is 2.29. The molecular weight excluding hydrogens is 318 g/mol. The van der Waals surface area contributed by atoms with E-state index in [0.717, 1.165) is 12.6 Å². The first kappa shape index (κ1) is 14.1. The van der Waals surface area contributed by atoms with E-state index in [4.69, 9.17) is 0 Å². The van der Waals surface area contributed by atoms with Crippen LogP contribution in [0.1, 0.15) is 24.4 Å². The van der Waals surface area contributed by atoms with E-state index in [9.17, 15) is 13.9 Å². The average Bonchev–Trinajstić information content (AvgIpc) is 2.83. The van der Waals surface area contributed by atoms with Gasteiger partial charge in [-0.2, -0.15) is 0 Å². The van der Waals surface area contributed by atoms with Crippen molar-refractivity contribution in [3.63, 3.8) is 0 Å². The first-order valence-corrected chi connectivity index (χ1v) is 6.65. The monoisotopic (exact) mass is 330 g/mol. The molecule has 0 bridgehead atoms. The zero-order valence-corrected chi connectivity index (χ0v) is 11.9. The Morgan fingerprint density at radius 1 is 1.42 bits per heavy atom. The van der Waals surface area contributed by atoms with Crippen LogP contribution in [0.3, 0.4) is 0 Å². The highest BCUT2D eigenvalue weighted by atomic mass is 79.9. The number of imidazole rings is 1. The van der Waals surface area contributed by atoms with Gasteiger partial charge in [0.15, 0.2) is 11.6 Å². The molecule has 0 radical (unpaired) electrons. The minimum absolute atomic E-state index is 0.0467. The van der Waals surface area contributed by atoms with E-state index in [1.54, 1.807) is 6.20 Å². The molecule has 6 heteroatoms. The Balaban J connectivity index is 2.25. The summed E-state index contributed by atoms with van der Waals surface area (Å²) in [4.78, 5) is 4.14. The van der Waals surface area contributed by atoms with Gasteiger partial charge in [-0.15, -0.1) is 0 Å². The van der Waals surface area contributed by atoms with Crippen LogP contribution >= 0.6 is 15.9 Å². The molecule has 1 N–H and O–H groups in total. The first-order valence-electron chi connectivity index (χ1n) is 5.86. The molecule has 1 aromatic heterocycles. The Labute approximate surface area is 118 Å². The molecule has 1 aromatic carbocycles. The van der Waals surface area contributed by atoms with E-state index < -0.39 is 17.7 Å². The van der Waals surface area contributed by atoms with Crippen LogP contribution in [-0.4, -0.2) is 14.7 Å². The number of hydrogen-bond acceptors (Lipinski definition) is 2. The lowest BCUT2D eigenvalue weighted by Gasteiger charge is -2.14. The largest absolute Gasteiger partial charge is 0.388 e. The van der Waals surface area contributed by atoms with Crippen LogP contribution in [0.2, 0.25) is 0 Å². The second-order valence-electron chi connectivity index (χ2n) is 4.11. The lowest BCUT2D eigenvalue weighted by atomic mass is 10.1. The number of aliphatic hydroxyl groups excluding tert-OH is 1. The maximum atomic E-state index is 13.4. The fourth-order valence-corrected chi connectivity index (χ4v) is 2.48. The van der Waals surface area contributed by atoms with E-state index in [1.165, 1.54) is 6.07 Å². The molecule has 1 unspecified atom stereocenters. The number of aliphatic hydroxyl groups is 1. The summed E-state index contributed by atoms with van der Waals surface area (Å²) in [7, 11) is 0. The molecular formula is C13H13BrF2N2O. The molecule has 2 aromatic rings. The van der Waals surface area contributed by atoms with E-state index in [2.05, 4.69) is 20.9 Å². The number of benzene rings is 1. The zero-order valence-electron chi connectivity index (χ0n) is 10.3. The van der Waals surface area contributed by atoms with Gasteiger partial charge in [0.05, 0.1) is 10.6 Å². The highest BCUT2D eigenvalue weighted by molar-refractivity contribution is 9.10. The van der Waals surface area contributed by atoms with Gasteiger partial charge in [0.25, 0.3) is 0 Å². The number of aryl methyl sites for hydroxylation is 1. The molecule has 0 saturated heterocycles. The van der Waals surface area contributed by atoms with Gasteiger partial charge in [0.1, 0.15) is 5.82 Å². The topological polar surface area (TPSA) is 38.0 Å². The Hall–Kier alpha value is -1.27. The molecule has 3 nitrogen and oxygen atoms in total. The second-order valence-corrected chi connectivity index (χ2v) is 4.91. The van der Waals surface area contributed by atoms with Crippen LogP contribution < -0.4 is 0 Å². The smallest absolute Gasteiger partial charge is 0.173 e. The van der Waals surface area contributed by atoms with Gasteiger partial charge in [-0.3, -0.25) is 0 Å². The van der Waals surface area contributed by atoms with Gasteiger partial charge in [-0.05, 0) is 34.5 Å². The van der Waals surface area contributed by atoms with Gasteiger partial charge >= 0.3 is 0 Å². The van der Waals surface area contributed by atoms with E-state index in [1.807, 2.05) is 17.7 Å². The summed E-state index contributed by atoms with van der Waals surface area (Å²) in [6, 6.07) is 2.37. The molecule has 19 heavy (non-hydrogen) atoms. The van der Waals surface area contributed by atoms with Crippen molar-refractivity contribution in [3.05, 3.63) is 52.0 Å². The fraction of sp³-hybridized carbons (Fsp3) is 0.308. The predicted octanol–water partition coefficient (Wildman–Crippen LogP) is 3.22. The summed E-state index contributed by atoms with van der Waals surface area (Å²) in [6.45, 7) is 2.70. The van der Waals surface area contributed by atoms with Crippen LogP contribution in [0.5, 0.6) is 0 Å². The summed E-state index contributed by atoms with van der Waals surface area (Å²) in [5.74, 6) is -1.24. The van der Waals surface area contributed by atoms with Crippen molar-refractivity contribution in [2.24, 2.45) is 0 Å². The van der Waals surface area contributed by atoms with Crippen molar-refractivity contribution >= 4 is 15.9 Å². The summed E-state index contributed by atoms with van der Waals surface area (Å²) < 4.78 is 28.3. The molecule has 0 aliphatic heterocycles. The van der Waals surface area contributed by atoms with Crippen molar-refractivity contribution in [1.82, 2.24) is 9.55 Å². The number of rotatable bonds is 4. The van der Waals surface area contributed by atoms with Crippen LogP contribution in [0.15, 0.2) is 29.0 Å². The maximum absolute atomic E-state index is 13.4. The third kappa shape index (κ3) is 2.84. The average molecular weight is 331 g/mol. The third-order valence-corrected chi connectivity index (χ3v) is 3.75. The van der Waals surface area contributed by atoms with Crippen molar-refractivity contribution in [2.45, 2.75) is 26.0 Å². The van der Waals surface area contributed by atoms with E-state index in [-0.39, 0.29) is 10.9 Å². The summed E-state index contributed by atoms with van der Waals surface area (Å²) in [5.41, 5.74) is 0.310. The van der Waals surface area contributed by atoms with Gasteiger partial charge in [0, 0.05) is 25.4 Å². The van der Waals surface area contributed by atoms with Crippen molar-refractivity contribution in [3.8, 4) is 0 Å². The minimum Gasteiger partial charge on any atom is -0.388 e. The standard InChI is InChI=1S/C13H13BrF2N2O/c1-2-18-6-5-17-11(18)7-10(19)8-3-4-9(15)13(16)12(8)14/h3-6,10,19H,2,7H2,1H3. The quantitative estimate of drug-likeness (QED) is 0.874.